The van der Waals surface area contributed by atoms with Gasteiger partial charge in [-0.2, -0.15) is 0 Å². The van der Waals surface area contributed by atoms with Crippen molar-refractivity contribution in [2.45, 2.75) is 77.6 Å². The minimum Gasteiger partial charge on any atom is -0.252 e. The third-order valence-electron chi connectivity index (χ3n) is 2.84. The quantitative estimate of drug-likeness (QED) is 0.289. The fourth-order valence-electron chi connectivity index (χ4n) is 1.83. The molecule has 0 bridgehead atoms. The second kappa shape index (κ2) is 13.9. The lowest BCUT2D eigenvalue weighted by Crippen LogP contribution is -1.88. The maximum atomic E-state index is 8.11. The molecule has 0 saturated heterocycles. The van der Waals surface area contributed by atoms with Gasteiger partial charge in [0.1, 0.15) is 0 Å². The lowest BCUT2D eigenvalue weighted by molar-refractivity contribution is -0.242. The van der Waals surface area contributed by atoms with Gasteiger partial charge in [0.2, 0.25) is 0 Å². The molecule has 0 unspecified atom stereocenters. The lowest BCUT2D eigenvalue weighted by atomic mass is 10.1. The number of hydrogen-bond acceptors (Lipinski definition) is 2. The van der Waals surface area contributed by atoms with Gasteiger partial charge in [-0.15, -0.1) is 0 Å². The second-order valence-electron chi connectivity index (χ2n) is 4.37. The fraction of sp³-hybridized carbons (Fsp3) is 1.00. The van der Waals surface area contributed by atoms with E-state index in [2.05, 4.69) is 11.8 Å². The van der Waals surface area contributed by atoms with Crippen LogP contribution in [-0.2, 0) is 4.89 Å². The molecule has 15 heavy (non-hydrogen) atoms. The van der Waals surface area contributed by atoms with Gasteiger partial charge in [0, 0.05) is 0 Å². The maximum absolute atomic E-state index is 8.11. The van der Waals surface area contributed by atoms with Crippen LogP contribution >= 0.6 is 0 Å². The van der Waals surface area contributed by atoms with E-state index in [-0.39, 0.29) is 0 Å². The van der Waals surface area contributed by atoms with E-state index in [1.54, 1.807) is 0 Å². The zero-order valence-electron chi connectivity index (χ0n) is 10.3. The smallest absolute Gasteiger partial charge is 0.0819 e. The lowest BCUT2D eigenvalue weighted by Gasteiger charge is -2.01. The molecule has 0 aromatic rings. The van der Waals surface area contributed by atoms with Crippen LogP contribution in [0.1, 0.15) is 77.6 Å². The van der Waals surface area contributed by atoms with Gasteiger partial charge in [-0.3, -0.25) is 5.26 Å². The molecule has 92 valence electrons. The van der Waals surface area contributed by atoms with Crippen LogP contribution in [0.15, 0.2) is 0 Å². The van der Waals surface area contributed by atoms with Crippen LogP contribution in [0.5, 0.6) is 0 Å². The molecule has 0 amide bonds. The minimum atomic E-state index is 0.497. The van der Waals surface area contributed by atoms with Gasteiger partial charge in [-0.25, -0.2) is 4.89 Å². The van der Waals surface area contributed by atoms with Gasteiger partial charge >= 0.3 is 0 Å². The summed E-state index contributed by atoms with van der Waals surface area (Å²) in [6.07, 6.45) is 14.6. The van der Waals surface area contributed by atoms with Gasteiger partial charge in [0.05, 0.1) is 6.61 Å². The van der Waals surface area contributed by atoms with E-state index in [9.17, 15) is 0 Å². The van der Waals surface area contributed by atoms with Crippen molar-refractivity contribution in [1.29, 1.82) is 0 Å². The Bertz CT molecular complexity index is 92.7. The SMILES string of the molecule is CCCCCCCCCCCCCOO. The van der Waals surface area contributed by atoms with Gasteiger partial charge in [0.15, 0.2) is 0 Å². The van der Waals surface area contributed by atoms with Crippen molar-refractivity contribution in [3.05, 3.63) is 0 Å². The molecule has 0 aromatic carbocycles. The highest BCUT2D eigenvalue weighted by Crippen LogP contribution is 2.10. The molecule has 0 saturated carbocycles. The van der Waals surface area contributed by atoms with Crippen LogP contribution < -0.4 is 0 Å². The van der Waals surface area contributed by atoms with E-state index < -0.39 is 0 Å². The molecule has 0 atom stereocenters. The third kappa shape index (κ3) is 13.9. The molecule has 0 heterocycles. The second-order valence-corrected chi connectivity index (χ2v) is 4.37. The first-order valence-electron chi connectivity index (χ1n) is 6.68. The molecular weight excluding hydrogens is 188 g/mol. The normalized spacial score (nSPS) is 10.8. The summed E-state index contributed by atoms with van der Waals surface area (Å²) in [5, 5.41) is 8.11. The van der Waals surface area contributed by atoms with Crippen molar-refractivity contribution in [3.63, 3.8) is 0 Å². The standard InChI is InChI=1S/C13H28O2/c1-2-3-4-5-6-7-8-9-10-11-12-13-15-14/h14H,2-13H2,1H3. The molecule has 2 nitrogen and oxygen atoms in total. The highest BCUT2D eigenvalue weighted by Gasteiger charge is 1.92. The zero-order chi connectivity index (χ0) is 11.2. The number of unbranched alkanes of at least 4 members (excludes halogenated alkanes) is 10. The van der Waals surface area contributed by atoms with E-state index in [0.717, 1.165) is 6.42 Å². The molecule has 1 N–H and O–H groups in total. The minimum absolute atomic E-state index is 0.497. The Kier molecular flexibility index (Phi) is 13.8. The van der Waals surface area contributed by atoms with Crippen molar-refractivity contribution in [3.8, 4) is 0 Å². The van der Waals surface area contributed by atoms with E-state index in [0.29, 0.717) is 6.61 Å². The van der Waals surface area contributed by atoms with Crippen LogP contribution in [0.3, 0.4) is 0 Å². The Hall–Kier alpha value is -0.0800. The predicted molar refractivity (Wildman–Crippen MR) is 65.0 cm³/mol. The topological polar surface area (TPSA) is 29.5 Å². The summed E-state index contributed by atoms with van der Waals surface area (Å²) in [5.74, 6) is 0. The summed E-state index contributed by atoms with van der Waals surface area (Å²) in [6.45, 7) is 2.76. The first-order chi connectivity index (χ1) is 7.41. The van der Waals surface area contributed by atoms with Crippen molar-refractivity contribution >= 4 is 0 Å². The first-order valence-corrected chi connectivity index (χ1v) is 6.68. The molecular formula is C13H28O2. The Morgan fingerprint density at radius 3 is 1.47 bits per heavy atom. The molecule has 2 heteroatoms. The monoisotopic (exact) mass is 216 g/mol. The van der Waals surface area contributed by atoms with Crippen LogP contribution in [0.2, 0.25) is 0 Å². The van der Waals surface area contributed by atoms with E-state index >= 15 is 0 Å². The van der Waals surface area contributed by atoms with Gasteiger partial charge < -0.3 is 0 Å². The first kappa shape index (κ1) is 14.9. The predicted octanol–water partition coefficient (Wildman–Crippen LogP) is 4.79. The van der Waals surface area contributed by atoms with E-state index in [1.165, 1.54) is 64.2 Å². The van der Waals surface area contributed by atoms with Crippen molar-refractivity contribution < 1.29 is 10.1 Å². The van der Waals surface area contributed by atoms with E-state index in [4.69, 9.17) is 5.26 Å². The zero-order valence-corrected chi connectivity index (χ0v) is 10.3. The molecule has 0 aliphatic heterocycles. The highest BCUT2D eigenvalue weighted by molar-refractivity contribution is 4.47. The van der Waals surface area contributed by atoms with Gasteiger partial charge in [0.25, 0.3) is 0 Å². The largest absolute Gasteiger partial charge is 0.252 e. The van der Waals surface area contributed by atoms with Gasteiger partial charge in [-0.1, -0.05) is 71.1 Å². The Labute approximate surface area is 95.0 Å². The summed E-state index contributed by atoms with van der Waals surface area (Å²) < 4.78 is 0. The maximum Gasteiger partial charge on any atom is 0.0819 e. The van der Waals surface area contributed by atoms with Crippen molar-refractivity contribution in [1.82, 2.24) is 0 Å². The summed E-state index contributed by atoms with van der Waals surface area (Å²) in [5.41, 5.74) is 0. The molecule has 0 aliphatic rings. The molecule has 0 spiro atoms. The summed E-state index contributed by atoms with van der Waals surface area (Å²) in [7, 11) is 0. The van der Waals surface area contributed by atoms with E-state index in [1.807, 2.05) is 0 Å². The molecule has 0 radical (unpaired) electrons. The third-order valence-corrected chi connectivity index (χ3v) is 2.84. The van der Waals surface area contributed by atoms with Crippen LogP contribution in [-0.4, -0.2) is 11.9 Å². The van der Waals surface area contributed by atoms with Crippen molar-refractivity contribution in [2.24, 2.45) is 0 Å². The molecule has 0 aromatic heterocycles. The Morgan fingerprint density at radius 2 is 1.07 bits per heavy atom. The number of rotatable bonds is 12. The Balaban J connectivity index is 2.81. The van der Waals surface area contributed by atoms with Crippen LogP contribution in [0.4, 0.5) is 0 Å². The fourth-order valence-corrected chi connectivity index (χ4v) is 1.83. The highest BCUT2D eigenvalue weighted by atomic mass is 17.1. The summed E-state index contributed by atoms with van der Waals surface area (Å²) in [6, 6.07) is 0. The van der Waals surface area contributed by atoms with Crippen molar-refractivity contribution in [2.75, 3.05) is 6.61 Å². The Morgan fingerprint density at radius 1 is 0.667 bits per heavy atom. The summed E-state index contributed by atoms with van der Waals surface area (Å²) >= 11 is 0. The molecule has 0 aliphatic carbocycles. The van der Waals surface area contributed by atoms with Gasteiger partial charge in [-0.05, 0) is 6.42 Å². The average Bonchev–Trinajstić information content (AvgIpc) is 2.26. The van der Waals surface area contributed by atoms with Crippen LogP contribution in [0.25, 0.3) is 0 Å². The summed E-state index contributed by atoms with van der Waals surface area (Å²) in [4.78, 5) is 4.02. The van der Waals surface area contributed by atoms with Crippen LogP contribution in [0, 0.1) is 0 Å². The number of hydrogen-bond donors (Lipinski definition) is 1. The molecule has 0 fully saturated rings. The average molecular weight is 216 g/mol. The molecule has 0 rings (SSSR count).